The van der Waals surface area contributed by atoms with Crippen molar-refractivity contribution in [3.8, 4) is 11.5 Å². The van der Waals surface area contributed by atoms with Gasteiger partial charge in [0.15, 0.2) is 29.7 Å². The van der Waals surface area contributed by atoms with Crippen LogP contribution in [0.4, 0.5) is 0 Å². The molecule has 0 aliphatic rings. The molecule has 0 bridgehead atoms. The minimum absolute atomic E-state index is 0.0946. The summed E-state index contributed by atoms with van der Waals surface area (Å²) in [6.45, 7) is 2.63. The van der Waals surface area contributed by atoms with Crippen LogP contribution in [0.3, 0.4) is 0 Å². The maximum absolute atomic E-state index is 12.2. The molecular weight excluding hydrogens is 346 g/mol. The number of nitrogens with one attached hydrogen (secondary N) is 1. The highest BCUT2D eigenvalue weighted by atomic mass is 16.5. The molecule has 0 aromatic heterocycles. The van der Waals surface area contributed by atoms with E-state index in [-0.39, 0.29) is 18.2 Å². The SMILES string of the molecule is COc1cc(C(C)=O)ccc1OCC(=O)N[C@@H](Cc1ccccc1)C(C)=O. The Morgan fingerprint density at radius 2 is 1.70 bits per heavy atom. The van der Waals surface area contributed by atoms with E-state index in [1.54, 1.807) is 18.2 Å². The Hall–Kier alpha value is -3.15. The molecule has 6 nitrogen and oxygen atoms in total. The van der Waals surface area contributed by atoms with E-state index in [2.05, 4.69) is 5.32 Å². The third-order valence-corrected chi connectivity index (χ3v) is 4.04. The van der Waals surface area contributed by atoms with Gasteiger partial charge in [-0.3, -0.25) is 14.4 Å². The van der Waals surface area contributed by atoms with Gasteiger partial charge in [0.25, 0.3) is 5.91 Å². The molecule has 1 atom stereocenters. The third-order valence-electron chi connectivity index (χ3n) is 4.04. The van der Waals surface area contributed by atoms with Crippen LogP contribution >= 0.6 is 0 Å². The van der Waals surface area contributed by atoms with Gasteiger partial charge < -0.3 is 14.8 Å². The number of Topliss-reactive ketones (excluding diaryl/α,β-unsaturated/α-hetero) is 2. The zero-order valence-corrected chi connectivity index (χ0v) is 15.7. The fourth-order valence-corrected chi connectivity index (χ4v) is 2.53. The Bertz CT molecular complexity index is 817. The molecule has 0 saturated carbocycles. The molecule has 2 rings (SSSR count). The molecule has 0 spiro atoms. The van der Waals surface area contributed by atoms with Crippen molar-refractivity contribution in [2.75, 3.05) is 13.7 Å². The van der Waals surface area contributed by atoms with Crippen molar-refractivity contribution in [2.45, 2.75) is 26.3 Å². The largest absolute Gasteiger partial charge is 0.493 e. The quantitative estimate of drug-likeness (QED) is 0.687. The van der Waals surface area contributed by atoms with Crippen LogP contribution in [-0.2, 0) is 16.0 Å². The topological polar surface area (TPSA) is 81.7 Å². The zero-order valence-electron chi connectivity index (χ0n) is 15.7. The average Bonchev–Trinajstić information content (AvgIpc) is 2.66. The van der Waals surface area contributed by atoms with E-state index in [1.165, 1.54) is 21.0 Å². The highest BCUT2D eigenvalue weighted by molar-refractivity contribution is 5.94. The van der Waals surface area contributed by atoms with Gasteiger partial charge in [-0.05, 0) is 44.0 Å². The minimum atomic E-state index is -0.620. The number of hydrogen-bond donors (Lipinski definition) is 1. The maximum Gasteiger partial charge on any atom is 0.258 e. The summed E-state index contributed by atoms with van der Waals surface area (Å²) in [4.78, 5) is 35.5. The number of methoxy groups -OCH3 is 1. The van der Waals surface area contributed by atoms with E-state index in [9.17, 15) is 14.4 Å². The number of ether oxygens (including phenoxy) is 2. The van der Waals surface area contributed by atoms with Crippen LogP contribution in [-0.4, -0.2) is 37.2 Å². The Morgan fingerprint density at radius 3 is 2.30 bits per heavy atom. The first-order chi connectivity index (χ1) is 12.9. The standard InChI is InChI=1S/C21H23NO5/c1-14(23)17-9-10-19(20(12-17)26-3)27-13-21(25)22-18(15(2)24)11-16-7-5-4-6-8-16/h4-10,12,18H,11,13H2,1-3H3,(H,22,25)/t18-/m0/s1. The van der Waals surface area contributed by atoms with Gasteiger partial charge in [-0.15, -0.1) is 0 Å². The van der Waals surface area contributed by atoms with E-state index < -0.39 is 11.9 Å². The number of rotatable bonds is 9. The molecule has 2 aromatic carbocycles. The van der Waals surface area contributed by atoms with Crippen LogP contribution < -0.4 is 14.8 Å². The van der Waals surface area contributed by atoms with Crippen LogP contribution in [0.5, 0.6) is 11.5 Å². The lowest BCUT2D eigenvalue weighted by atomic mass is 10.0. The highest BCUT2D eigenvalue weighted by Gasteiger charge is 2.18. The molecule has 0 unspecified atom stereocenters. The third kappa shape index (κ3) is 5.95. The summed E-state index contributed by atoms with van der Waals surface area (Å²) < 4.78 is 10.7. The van der Waals surface area contributed by atoms with E-state index >= 15 is 0 Å². The van der Waals surface area contributed by atoms with Gasteiger partial charge in [0.05, 0.1) is 13.2 Å². The fourth-order valence-electron chi connectivity index (χ4n) is 2.53. The summed E-state index contributed by atoms with van der Waals surface area (Å²) >= 11 is 0. The molecule has 0 radical (unpaired) electrons. The van der Waals surface area contributed by atoms with E-state index in [0.717, 1.165) is 5.56 Å². The molecule has 1 amide bonds. The van der Waals surface area contributed by atoms with Crippen molar-refractivity contribution < 1.29 is 23.9 Å². The second-order valence-corrected chi connectivity index (χ2v) is 6.13. The molecule has 0 fully saturated rings. The lowest BCUT2D eigenvalue weighted by molar-refractivity contribution is -0.128. The maximum atomic E-state index is 12.2. The van der Waals surface area contributed by atoms with Gasteiger partial charge in [0.2, 0.25) is 0 Å². The molecule has 6 heteroatoms. The normalized spacial score (nSPS) is 11.4. The van der Waals surface area contributed by atoms with Gasteiger partial charge in [0.1, 0.15) is 0 Å². The van der Waals surface area contributed by atoms with Gasteiger partial charge in [-0.1, -0.05) is 30.3 Å². The summed E-state index contributed by atoms with van der Waals surface area (Å²) in [6.07, 6.45) is 0.415. The number of amides is 1. The van der Waals surface area contributed by atoms with Crippen molar-refractivity contribution >= 4 is 17.5 Å². The Morgan fingerprint density at radius 1 is 1.00 bits per heavy atom. The predicted octanol–water partition coefficient (Wildman–Crippen LogP) is 2.59. The van der Waals surface area contributed by atoms with Crippen LogP contribution in [0, 0.1) is 0 Å². The minimum Gasteiger partial charge on any atom is -0.493 e. The molecule has 0 aliphatic heterocycles. The molecule has 0 heterocycles. The lowest BCUT2D eigenvalue weighted by Crippen LogP contribution is -2.43. The summed E-state index contributed by atoms with van der Waals surface area (Å²) in [5.41, 5.74) is 1.45. The second kappa shape index (κ2) is 9.52. The summed E-state index contributed by atoms with van der Waals surface area (Å²) in [7, 11) is 1.46. The molecule has 0 aliphatic carbocycles. The van der Waals surface area contributed by atoms with Crippen molar-refractivity contribution in [1.82, 2.24) is 5.32 Å². The summed E-state index contributed by atoms with van der Waals surface area (Å²) in [5.74, 6) is 0.0743. The Balaban J connectivity index is 1.98. The molecule has 27 heavy (non-hydrogen) atoms. The summed E-state index contributed by atoms with van der Waals surface area (Å²) in [6, 6.07) is 13.6. The molecule has 0 saturated heterocycles. The van der Waals surface area contributed by atoms with Crippen molar-refractivity contribution in [1.29, 1.82) is 0 Å². The first kappa shape index (κ1) is 20.2. The van der Waals surface area contributed by atoms with E-state index in [4.69, 9.17) is 9.47 Å². The first-order valence-electron chi connectivity index (χ1n) is 8.56. The van der Waals surface area contributed by atoms with Crippen molar-refractivity contribution in [2.24, 2.45) is 0 Å². The van der Waals surface area contributed by atoms with Gasteiger partial charge in [0, 0.05) is 5.56 Å². The van der Waals surface area contributed by atoms with Gasteiger partial charge >= 0.3 is 0 Å². The molecule has 1 N–H and O–H groups in total. The number of benzene rings is 2. The van der Waals surface area contributed by atoms with Crippen LogP contribution in [0.15, 0.2) is 48.5 Å². The van der Waals surface area contributed by atoms with Gasteiger partial charge in [-0.25, -0.2) is 0 Å². The highest BCUT2D eigenvalue weighted by Crippen LogP contribution is 2.28. The fraction of sp³-hybridized carbons (Fsp3) is 0.286. The van der Waals surface area contributed by atoms with Crippen LogP contribution in [0.25, 0.3) is 0 Å². The average molecular weight is 369 g/mol. The van der Waals surface area contributed by atoms with Crippen LogP contribution in [0.2, 0.25) is 0 Å². The summed E-state index contributed by atoms with van der Waals surface area (Å²) in [5, 5.41) is 2.69. The van der Waals surface area contributed by atoms with E-state index in [1.807, 2.05) is 30.3 Å². The van der Waals surface area contributed by atoms with Crippen LogP contribution in [0.1, 0.15) is 29.8 Å². The number of hydrogen-bond acceptors (Lipinski definition) is 5. The Kier molecular flexibility index (Phi) is 7.11. The monoisotopic (exact) mass is 369 g/mol. The first-order valence-corrected chi connectivity index (χ1v) is 8.56. The predicted molar refractivity (Wildman–Crippen MR) is 101 cm³/mol. The number of ketones is 2. The molecular formula is C21H23NO5. The molecule has 2 aromatic rings. The number of carbonyl (C=O) groups excluding carboxylic acids is 3. The lowest BCUT2D eigenvalue weighted by Gasteiger charge is -2.17. The van der Waals surface area contributed by atoms with Crippen molar-refractivity contribution in [3.05, 3.63) is 59.7 Å². The second-order valence-electron chi connectivity index (χ2n) is 6.13. The smallest absolute Gasteiger partial charge is 0.258 e. The molecule has 142 valence electrons. The Labute approximate surface area is 158 Å². The van der Waals surface area contributed by atoms with E-state index in [0.29, 0.717) is 23.5 Å². The number of carbonyl (C=O) groups is 3. The van der Waals surface area contributed by atoms with Crippen molar-refractivity contribution in [3.63, 3.8) is 0 Å². The zero-order chi connectivity index (χ0) is 19.8. The van der Waals surface area contributed by atoms with Gasteiger partial charge in [-0.2, -0.15) is 0 Å².